The summed E-state index contributed by atoms with van der Waals surface area (Å²) in [7, 11) is 0. The van der Waals surface area contributed by atoms with Crippen LogP contribution in [0.3, 0.4) is 0 Å². The molecule has 6 nitrogen and oxygen atoms in total. The monoisotopic (exact) mass is 309 g/mol. The fraction of sp³-hybridized carbons (Fsp3) is 0.562. The fourth-order valence-corrected chi connectivity index (χ4v) is 2.54. The van der Waals surface area contributed by atoms with Gasteiger partial charge in [-0.25, -0.2) is 4.79 Å². The van der Waals surface area contributed by atoms with Crippen molar-refractivity contribution in [2.45, 2.75) is 32.3 Å². The van der Waals surface area contributed by atoms with Crippen molar-refractivity contribution in [1.82, 2.24) is 4.90 Å². The summed E-state index contributed by atoms with van der Waals surface area (Å²) < 4.78 is 11.2. The Morgan fingerprint density at radius 3 is 2.59 bits per heavy atom. The first-order valence-corrected chi connectivity index (χ1v) is 7.35. The molecule has 2 N–H and O–H groups in total. The van der Waals surface area contributed by atoms with E-state index in [2.05, 4.69) is 0 Å². The molecule has 0 radical (unpaired) electrons. The standard InChI is InChI=1S/C16H23NO5/c1-16(2)21-11-14(22-16)13(10-18)9-17(15(19)20)8-12-6-4-3-5-7-12/h3-7,13-14,18H,8-11H2,1-2H3,(H,19,20). The molecule has 122 valence electrons. The number of ether oxygens (including phenoxy) is 2. The van der Waals surface area contributed by atoms with Crippen molar-refractivity contribution in [3.63, 3.8) is 0 Å². The summed E-state index contributed by atoms with van der Waals surface area (Å²) in [6, 6.07) is 9.38. The van der Waals surface area contributed by atoms with Gasteiger partial charge in [-0.15, -0.1) is 0 Å². The van der Waals surface area contributed by atoms with Gasteiger partial charge in [0.25, 0.3) is 0 Å². The first kappa shape index (κ1) is 16.7. The summed E-state index contributed by atoms with van der Waals surface area (Å²) in [4.78, 5) is 12.8. The maximum absolute atomic E-state index is 11.5. The number of rotatable bonds is 6. The Labute approximate surface area is 130 Å². The molecule has 1 aliphatic heterocycles. The van der Waals surface area contributed by atoms with Gasteiger partial charge >= 0.3 is 6.09 Å². The van der Waals surface area contributed by atoms with Gasteiger partial charge in [0.05, 0.1) is 19.3 Å². The molecule has 1 aromatic rings. The molecule has 0 aromatic heterocycles. The molecule has 0 aliphatic carbocycles. The number of carboxylic acid groups (broad SMARTS) is 1. The molecule has 6 heteroatoms. The van der Waals surface area contributed by atoms with E-state index in [1.165, 1.54) is 4.90 Å². The summed E-state index contributed by atoms with van der Waals surface area (Å²) in [5, 5.41) is 19.0. The summed E-state index contributed by atoms with van der Waals surface area (Å²) in [5.74, 6) is -1.01. The highest BCUT2D eigenvalue weighted by molar-refractivity contribution is 5.65. The van der Waals surface area contributed by atoms with Crippen LogP contribution in [0.2, 0.25) is 0 Å². The average molecular weight is 309 g/mol. The highest BCUT2D eigenvalue weighted by Crippen LogP contribution is 2.27. The van der Waals surface area contributed by atoms with Crippen molar-refractivity contribution in [2.75, 3.05) is 19.8 Å². The van der Waals surface area contributed by atoms with E-state index in [9.17, 15) is 15.0 Å². The van der Waals surface area contributed by atoms with Crippen LogP contribution in [0.25, 0.3) is 0 Å². The molecule has 1 fully saturated rings. The maximum Gasteiger partial charge on any atom is 0.407 e. The SMILES string of the molecule is CC1(C)OCC(C(CO)CN(Cc2ccccc2)C(=O)O)O1. The van der Waals surface area contributed by atoms with Crippen molar-refractivity contribution in [1.29, 1.82) is 0 Å². The first-order chi connectivity index (χ1) is 10.4. The molecule has 1 aromatic carbocycles. The van der Waals surface area contributed by atoms with Crippen molar-refractivity contribution in [3.8, 4) is 0 Å². The zero-order valence-corrected chi connectivity index (χ0v) is 12.9. The van der Waals surface area contributed by atoms with Gasteiger partial charge in [0.1, 0.15) is 0 Å². The van der Waals surface area contributed by atoms with Gasteiger partial charge in [-0.05, 0) is 19.4 Å². The third-order valence-corrected chi connectivity index (χ3v) is 3.73. The van der Waals surface area contributed by atoms with Crippen LogP contribution < -0.4 is 0 Å². The lowest BCUT2D eigenvalue weighted by Crippen LogP contribution is -2.41. The van der Waals surface area contributed by atoms with Crippen molar-refractivity contribution >= 4 is 6.09 Å². The number of benzene rings is 1. The summed E-state index contributed by atoms with van der Waals surface area (Å²) in [5.41, 5.74) is 0.908. The lowest BCUT2D eigenvalue weighted by atomic mass is 10.0. The number of amides is 1. The summed E-state index contributed by atoms with van der Waals surface area (Å²) in [6.07, 6.45) is -1.32. The van der Waals surface area contributed by atoms with E-state index in [-0.39, 0.29) is 31.7 Å². The fourth-order valence-electron chi connectivity index (χ4n) is 2.54. The largest absolute Gasteiger partial charge is 0.465 e. The summed E-state index contributed by atoms with van der Waals surface area (Å²) >= 11 is 0. The second-order valence-corrected chi connectivity index (χ2v) is 5.96. The Hall–Kier alpha value is -1.63. The topological polar surface area (TPSA) is 79.2 Å². The Bertz CT molecular complexity index is 491. The zero-order valence-electron chi connectivity index (χ0n) is 12.9. The number of aliphatic hydroxyl groups is 1. The average Bonchev–Trinajstić information content (AvgIpc) is 2.84. The molecule has 2 unspecified atom stereocenters. The Balaban J connectivity index is 2.01. The van der Waals surface area contributed by atoms with E-state index in [4.69, 9.17) is 9.47 Å². The van der Waals surface area contributed by atoms with Gasteiger partial charge < -0.3 is 24.6 Å². The minimum Gasteiger partial charge on any atom is -0.465 e. The highest BCUT2D eigenvalue weighted by Gasteiger charge is 2.38. The third-order valence-electron chi connectivity index (χ3n) is 3.73. The van der Waals surface area contributed by atoms with E-state index >= 15 is 0 Å². The molecule has 1 amide bonds. The molecule has 22 heavy (non-hydrogen) atoms. The number of hydrogen-bond donors (Lipinski definition) is 2. The van der Waals surface area contributed by atoms with E-state index in [1.807, 2.05) is 30.3 Å². The molecule has 1 aliphatic rings. The Kier molecular flexibility index (Phi) is 5.39. The van der Waals surface area contributed by atoms with Gasteiger partial charge in [0.15, 0.2) is 5.79 Å². The predicted octanol–water partition coefficient (Wildman–Crippen LogP) is 1.93. The van der Waals surface area contributed by atoms with Crippen LogP contribution in [0, 0.1) is 5.92 Å². The lowest BCUT2D eigenvalue weighted by molar-refractivity contribution is -0.147. The van der Waals surface area contributed by atoms with Crippen molar-refractivity contribution < 1.29 is 24.5 Å². The normalized spacial score (nSPS) is 21.5. The van der Waals surface area contributed by atoms with Gasteiger partial charge in [-0.1, -0.05) is 30.3 Å². The minimum atomic E-state index is -1.01. The van der Waals surface area contributed by atoms with E-state index in [1.54, 1.807) is 13.8 Å². The molecular formula is C16H23NO5. The van der Waals surface area contributed by atoms with Crippen LogP contribution in [0.5, 0.6) is 0 Å². The van der Waals surface area contributed by atoms with Crippen molar-refractivity contribution in [3.05, 3.63) is 35.9 Å². The van der Waals surface area contributed by atoms with Crippen LogP contribution in [0.4, 0.5) is 4.79 Å². The number of carbonyl (C=O) groups is 1. The number of aliphatic hydroxyl groups excluding tert-OH is 1. The molecule has 1 heterocycles. The second-order valence-electron chi connectivity index (χ2n) is 5.96. The molecule has 1 saturated heterocycles. The number of hydrogen-bond acceptors (Lipinski definition) is 4. The van der Waals surface area contributed by atoms with E-state index in [0.717, 1.165) is 5.56 Å². The first-order valence-electron chi connectivity index (χ1n) is 7.35. The third kappa shape index (κ3) is 4.43. The van der Waals surface area contributed by atoms with Gasteiger partial charge in [-0.3, -0.25) is 0 Å². The lowest BCUT2D eigenvalue weighted by Gasteiger charge is -2.28. The molecular weight excluding hydrogens is 286 g/mol. The molecule has 2 rings (SSSR count). The van der Waals surface area contributed by atoms with E-state index < -0.39 is 11.9 Å². The van der Waals surface area contributed by atoms with Crippen molar-refractivity contribution in [2.24, 2.45) is 5.92 Å². The molecule has 0 spiro atoms. The van der Waals surface area contributed by atoms with Gasteiger partial charge in [0, 0.05) is 19.0 Å². The summed E-state index contributed by atoms with van der Waals surface area (Å²) in [6.45, 7) is 4.30. The number of nitrogens with zero attached hydrogens (tertiary/aromatic N) is 1. The quantitative estimate of drug-likeness (QED) is 0.839. The van der Waals surface area contributed by atoms with Crippen LogP contribution in [0.1, 0.15) is 19.4 Å². The molecule has 2 atom stereocenters. The second kappa shape index (κ2) is 7.09. The highest BCUT2D eigenvalue weighted by atomic mass is 16.7. The minimum absolute atomic E-state index is 0.150. The van der Waals surface area contributed by atoms with Crippen LogP contribution in [-0.4, -0.2) is 52.9 Å². The smallest absolute Gasteiger partial charge is 0.407 e. The maximum atomic E-state index is 11.5. The van der Waals surface area contributed by atoms with Gasteiger partial charge in [0.2, 0.25) is 0 Å². The van der Waals surface area contributed by atoms with Crippen LogP contribution in [-0.2, 0) is 16.0 Å². The molecule has 0 saturated carbocycles. The van der Waals surface area contributed by atoms with Crippen LogP contribution >= 0.6 is 0 Å². The van der Waals surface area contributed by atoms with Gasteiger partial charge in [-0.2, -0.15) is 0 Å². The van der Waals surface area contributed by atoms with Crippen LogP contribution in [0.15, 0.2) is 30.3 Å². The Morgan fingerprint density at radius 2 is 2.09 bits per heavy atom. The zero-order chi connectivity index (χ0) is 16.2. The van der Waals surface area contributed by atoms with E-state index in [0.29, 0.717) is 6.61 Å². The Morgan fingerprint density at radius 1 is 1.41 bits per heavy atom. The predicted molar refractivity (Wildman–Crippen MR) is 80.4 cm³/mol. The molecule has 0 bridgehead atoms.